The topological polar surface area (TPSA) is 63.2 Å². The molecule has 0 radical (unpaired) electrons. The van der Waals surface area contributed by atoms with Gasteiger partial charge in [0, 0.05) is 10.9 Å². The van der Waals surface area contributed by atoms with Gasteiger partial charge in [-0.2, -0.15) is 0 Å². The molecular weight excluding hydrogens is 330 g/mol. The van der Waals surface area contributed by atoms with Crippen LogP contribution in [0.5, 0.6) is 0 Å². The Labute approximate surface area is 123 Å². The van der Waals surface area contributed by atoms with Gasteiger partial charge in [-0.25, -0.2) is 8.42 Å². The van der Waals surface area contributed by atoms with Crippen molar-refractivity contribution in [2.45, 2.75) is 67.5 Å². The summed E-state index contributed by atoms with van der Waals surface area (Å²) in [5, 5.41) is 2.15. The Hall–Kier alpha value is -0.100. The summed E-state index contributed by atoms with van der Waals surface area (Å²) in [6.45, 7) is 0. The van der Waals surface area contributed by atoms with Crippen molar-refractivity contribution in [2.75, 3.05) is 5.75 Å². The Balaban J connectivity index is 1.99. The minimum absolute atomic E-state index is 0.0760. The van der Waals surface area contributed by atoms with E-state index < -0.39 is 15.1 Å². The van der Waals surface area contributed by atoms with E-state index >= 15 is 0 Å². The van der Waals surface area contributed by atoms with Crippen LogP contribution in [0, 0.1) is 0 Å². The van der Waals surface area contributed by atoms with Gasteiger partial charge in [0.05, 0.1) is 5.75 Å². The average Bonchev–Trinajstić information content (AvgIpc) is 2.54. The van der Waals surface area contributed by atoms with Gasteiger partial charge in [0.1, 0.15) is 5.25 Å². The van der Waals surface area contributed by atoms with Crippen LogP contribution in [0.4, 0.5) is 0 Å². The first-order chi connectivity index (χ1) is 9.00. The summed E-state index contributed by atoms with van der Waals surface area (Å²) in [6.07, 6.45) is 7.45. The van der Waals surface area contributed by atoms with Crippen LogP contribution in [-0.4, -0.2) is 36.2 Å². The molecule has 2 aliphatic rings. The summed E-state index contributed by atoms with van der Waals surface area (Å²) >= 11 is 3.62. The molecule has 1 saturated carbocycles. The molecule has 3 unspecified atom stereocenters. The highest BCUT2D eigenvalue weighted by atomic mass is 79.9. The monoisotopic (exact) mass is 351 g/mol. The Morgan fingerprint density at radius 2 is 1.68 bits per heavy atom. The molecule has 1 N–H and O–H groups in total. The number of carbonyl (C=O) groups excluding carboxylic acids is 1. The van der Waals surface area contributed by atoms with Crippen LogP contribution in [0.15, 0.2) is 0 Å². The SMILES string of the molecule is O=C(NC1CCCCCC1Br)C1CCCCS1(=O)=O. The maximum absolute atomic E-state index is 12.2. The largest absolute Gasteiger partial charge is 0.351 e. The van der Waals surface area contributed by atoms with Gasteiger partial charge < -0.3 is 5.32 Å². The van der Waals surface area contributed by atoms with Gasteiger partial charge in [-0.3, -0.25) is 4.79 Å². The molecule has 1 aliphatic heterocycles. The van der Waals surface area contributed by atoms with Crippen LogP contribution in [0.3, 0.4) is 0 Å². The standard InChI is InChI=1S/C13H22BrNO3S/c14-10-6-2-1-3-7-11(10)15-13(16)12-8-4-5-9-19(12,17)18/h10-12H,1-9H2,(H,15,16). The molecule has 0 aromatic heterocycles. The molecule has 0 bridgehead atoms. The van der Waals surface area contributed by atoms with Crippen LogP contribution in [0.2, 0.25) is 0 Å². The minimum atomic E-state index is -3.23. The molecule has 0 spiro atoms. The number of carbonyl (C=O) groups is 1. The summed E-state index contributed by atoms with van der Waals surface area (Å²) in [6, 6.07) is 0.0760. The minimum Gasteiger partial charge on any atom is -0.351 e. The van der Waals surface area contributed by atoms with Crippen molar-refractivity contribution in [1.82, 2.24) is 5.32 Å². The molecule has 6 heteroatoms. The number of hydrogen-bond acceptors (Lipinski definition) is 3. The average molecular weight is 352 g/mol. The lowest BCUT2D eigenvalue weighted by Gasteiger charge is -2.26. The zero-order valence-corrected chi connectivity index (χ0v) is 13.5. The smallest absolute Gasteiger partial charge is 0.238 e. The highest BCUT2D eigenvalue weighted by Gasteiger charge is 2.36. The van der Waals surface area contributed by atoms with Crippen LogP contribution in [0.25, 0.3) is 0 Å². The van der Waals surface area contributed by atoms with Crippen LogP contribution in [-0.2, 0) is 14.6 Å². The van der Waals surface area contributed by atoms with E-state index in [4.69, 9.17) is 0 Å². The van der Waals surface area contributed by atoms with Gasteiger partial charge >= 0.3 is 0 Å². The van der Waals surface area contributed by atoms with Gasteiger partial charge in [-0.1, -0.05) is 41.6 Å². The zero-order valence-electron chi connectivity index (χ0n) is 11.1. The van der Waals surface area contributed by atoms with Crippen LogP contribution >= 0.6 is 15.9 Å². The third-order valence-corrected chi connectivity index (χ3v) is 7.40. The Morgan fingerprint density at radius 1 is 1.00 bits per heavy atom. The van der Waals surface area contributed by atoms with Crippen molar-refractivity contribution in [3.05, 3.63) is 0 Å². The molecule has 2 rings (SSSR count). The molecule has 3 atom stereocenters. The number of rotatable bonds is 2. The number of halogens is 1. The number of sulfone groups is 1. The summed E-state index contributed by atoms with van der Waals surface area (Å²) in [5.41, 5.74) is 0. The van der Waals surface area contributed by atoms with E-state index in [2.05, 4.69) is 21.2 Å². The molecule has 1 heterocycles. The van der Waals surface area contributed by atoms with Gasteiger partial charge in [0.15, 0.2) is 9.84 Å². The van der Waals surface area contributed by atoms with Crippen molar-refractivity contribution >= 4 is 31.7 Å². The number of nitrogens with one attached hydrogen (secondary N) is 1. The number of hydrogen-bond donors (Lipinski definition) is 1. The second kappa shape index (κ2) is 6.57. The van der Waals surface area contributed by atoms with Crippen LogP contribution in [0.1, 0.15) is 51.4 Å². The summed E-state index contributed by atoms with van der Waals surface area (Å²) in [4.78, 5) is 12.5. The quantitative estimate of drug-likeness (QED) is 0.612. The molecular formula is C13H22BrNO3S. The van der Waals surface area contributed by atoms with Gasteiger partial charge in [0.25, 0.3) is 0 Å². The summed E-state index contributed by atoms with van der Waals surface area (Å²) in [7, 11) is -3.23. The Bertz CT molecular complexity index is 424. The molecule has 1 saturated heterocycles. The van der Waals surface area contributed by atoms with Gasteiger partial charge in [-0.05, 0) is 25.7 Å². The normalized spacial score (nSPS) is 35.3. The van der Waals surface area contributed by atoms with E-state index in [0.717, 1.165) is 25.7 Å². The molecule has 0 aromatic rings. The predicted molar refractivity (Wildman–Crippen MR) is 79.2 cm³/mol. The van der Waals surface area contributed by atoms with E-state index in [9.17, 15) is 13.2 Å². The highest BCUT2D eigenvalue weighted by Crippen LogP contribution is 2.25. The predicted octanol–water partition coefficient (Wildman–Crippen LogP) is 2.17. The lowest BCUT2D eigenvalue weighted by molar-refractivity contribution is -0.121. The Kier molecular flexibility index (Phi) is 5.29. The van der Waals surface area contributed by atoms with Crippen molar-refractivity contribution in [3.8, 4) is 0 Å². The summed E-state index contributed by atoms with van der Waals surface area (Å²) in [5.74, 6) is -0.121. The zero-order chi connectivity index (χ0) is 13.9. The lowest BCUT2D eigenvalue weighted by Crippen LogP contribution is -2.49. The first-order valence-electron chi connectivity index (χ1n) is 7.17. The van der Waals surface area contributed by atoms with E-state index in [1.165, 1.54) is 12.8 Å². The first kappa shape index (κ1) is 15.3. The molecule has 1 amide bonds. The van der Waals surface area contributed by atoms with E-state index in [1.807, 2.05) is 0 Å². The van der Waals surface area contributed by atoms with Gasteiger partial charge in [-0.15, -0.1) is 0 Å². The van der Waals surface area contributed by atoms with E-state index in [-0.39, 0.29) is 22.5 Å². The second-order valence-corrected chi connectivity index (χ2v) is 9.10. The fourth-order valence-corrected chi connectivity index (χ4v) is 5.48. The molecule has 2 fully saturated rings. The van der Waals surface area contributed by atoms with Crippen molar-refractivity contribution in [1.29, 1.82) is 0 Å². The van der Waals surface area contributed by atoms with E-state index in [0.29, 0.717) is 12.8 Å². The van der Waals surface area contributed by atoms with Crippen LogP contribution < -0.4 is 5.32 Å². The fourth-order valence-electron chi connectivity index (χ4n) is 2.95. The molecule has 0 aromatic carbocycles. The molecule has 4 nitrogen and oxygen atoms in total. The first-order valence-corrected chi connectivity index (χ1v) is 9.80. The summed E-state index contributed by atoms with van der Waals surface area (Å²) < 4.78 is 23.9. The van der Waals surface area contributed by atoms with Crippen molar-refractivity contribution in [3.63, 3.8) is 0 Å². The number of alkyl halides is 1. The number of amides is 1. The molecule has 110 valence electrons. The second-order valence-electron chi connectivity index (χ2n) is 5.62. The third-order valence-electron chi connectivity index (χ3n) is 4.13. The highest BCUT2D eigenvalue weighted by molar-refractivity contribution is 9.09. The maximum Gasteiger partial charge on any atom is 0.238 e. The fraction of sp³-hybridized carbons (Fsp3) is 0.923. The van der Waals surface area contributed by atoms with Crippen molar-refractivity contribution < 1.29 is 13.2 Å². The third kappa shape index (κ3) is 3.94. The molecule has 19 heavy (non-hydrogen) atoms. The molecule has 1 aliphatic carbocycles. The van der Waals surface area contributed by atoms with Gasteiger partial charge in [0.2, 0.25) is 5.91 Å². The van der Waals surface area contributed by atoms with Crippen molar-refractivity contribution in [2.24, 2.45) is 0 Å². The Morgan fingerprint density at radius 3 is 2.42 bits per heavy atom. The van der Waals surface area contributed by atoms with E-state index in [1.54, 1.807) is 0 Å². The lowest BCUT2D eigenvalue weighted by atomic mass is 10.1. The maximum atomic E-state index is 12.2.